The van der Waals surface area contributed by atoms with Gasteiger partial charge in [0.25, 0.3) is 0 Å². The summed E-state index contributed by atoms with van der Waals surface area (Å²) in [7, 11) is 0. The van der Waals surface area contributed by atoms with E-state index < -0.39 is 34.2 Å². The fourth-order valence-electron chi connectivity index (χ4n) is 3.28. The average Bonchev–Trinajstić information content (AvgIpc) is 2.97. The summed E-state index contributed by atoms with van der Waals surface area (Å²) < 4.78 is 5.39. The van der Waals surface area contributed by atoms with E-state index >= 15 is 0 Å². The van der Waals surface area contributed by atoms with E-state index in [2.05, 4.69) is 15.9 Å². The van der Waals surface area contributed by atoms with E-state index in [9.17, 15) is 19.8 Å². The van der Waals surface area contributed by atoms with Crippen LogP contribution in [-0.2, 0) is 4.74 Å². The van der Waals surface area contributed by atoms with E-state index in [1.807, 2.05) is 0 Å². The molecule has 0 amide bonds. The van der Waals surface area contributed by atoms with E-state index in [4.69, 9.17) is 4.74 Å². The third-order valence-corrected chi connectivity index (χ3v) is 5.83. The van der Waals surface area contributed by atoms with E-state index in [0.717, 1.165) is 0 Å². The van der Waals surface area contributed by atoms with Crippen LogP contribution in [0.4, 0.5) is 0 Å². The summed E-state index contributed by atoms with van der Waals surface area (Å²) >= 11 is 3.24. The summed E-state index contributed by atoms with van der Waals surface area (Å²) in [6.45, 7) is 4.73. The van der Waals surface area contributed by atoms with E-state index in [1.165, 1.54) is 6.61 Å². The van der Waals surface area contributed by atoms with Crippen molar-refractivity contribution in [1.82, 2.24) is 0 Å². The smallest absolute Gasteiger partial charge is 0.198 e. The van der Waals surface area contributed by atoms with Crippen LogP contribution in [0.1, 0.15) is 31.8 Å². The minimum atomic E-state index is -2.12. The van der Waals surface area contributed by atoms with Gasteiger partial charge >= 0.3 is 0 Å². The molecule has 0 saturated carbocycles. The van der Waals surface area contributed by atoms with Crippen molar-refractivity contribution in [2.75, 3.05) is 0 Å². The minimum Gasteiger partial charge on any atom is -0.382 e. The standard InChI is InChI=1S/C21H20BrO5/c1-12-7-3-5-9-14(12)17(23)18(24)20-21(26,16(22)11-27-20)19(25)15-10-6-4-8-13(15)2/h3-11,16,18,20,24,26H,1-2H3/t16-,18?,20-,21-/m0/s1. The third-order valence-electron chi connectivity index (χ3n) is 4.92. The van der Waals surface area contributed by atoms with Gasteiger partial charge in [-0.05, 0) is 25.0 Å². The number of ketones is 2. The molecule has 6 heteroatoms. The third kappa shape index (κ3) is 3.38. The molecule has 4 atom stereocenters. The van der Waals surface area contributed by atoms with Crippen molar-refractivity contribution in [3.8, 4) is 0 Å². The molecule has 1 saturated heterocycles. The number of ether oxygens (including phenoxy) is 1. The Balaban J connectivity index is 1.97. The van der Waals surface area contributed by atoms with Crippen LogP contribution in [0, 0.1) is 20.5 Å². The molecule has 0 spiro atoms. The number of benzene rings is 2. The van der Waals surface area contributed by atoms with Crippen molar-refractivity contribution in [3.05, 3.63) is 77.4 Å². The fourth-order valence-corrected chi connectivity index (χ4v) is 3.87. The maximum Gasteiger partial charge on any atom is 0.198 e. The molecular formula is C21H20BrO5. The quantitative estimate of drug-likeness (QED) is 0.561. The molecule has 2 aromatic carbocycles. The van der Waals surface area contributed by atoms with E-state index in [-0.39, 0.29) is 0 Å². The van der Waals surface area contributed by atoms with Gasteiger partial charge < -0.3 is 14.9 Å². The van der Waals surface area contributed by atoms with E-state index in [1.54, 1.807) is 62.4 Å². The molecular weight excluding hydrogens is 412 g/mol. The zero-order chi connectivity index (χ0) is 19.8. The second kappa shape index (κ2) is 7.64. The number of hydrogen-bond donors (Lipinski definition) is 2. The Bertz CT molecular complexity index is 880. The monoisotopic (exact) mass is 431 g/mol. The number of rotatable bonds is 5. The molecule has 1 aliphatic heterocycles. The van der Waals surface area contributed by atoms with Gasteiger partial charge in [0, 0.05) is 11.1 Å². The Hall–Kier alpha value is -1.86. The second-order valence-electron chi connectivity index (χ2n) is 6.69. The predicted octanol–water partition coefficient (Wildman–Crippen LogP) is 2.79. The first-order valence-corrected chi connectivity index (χ1v) is 9.43. The highest BCUT2D eigenvalue weighted by atomic mass is 79.9. The van der Waals surface area contributed by atoms with Crippen LogP contribution in [0.25, 0.3) is 0 Å². The van der Waals surface area contributed by atoms with Crippen molar-refractivity contribution >= 4 is 27.5 Å². The highest BCUT2D eigenvalue weighted by molar-refractivity contribution is 9.09. The van der Waals surface area contributed by atoms with Crippen LogP contribution in [0.3, 0.4) is 0 Å². The lowest BCUT2D eigenvalue weighted by Crippen LogP contribution is -2.57. The van der Waals surface area contributed by atoms with Crippen LogP contribution >= 0.6 is 15.9 Å². The van der Waals surface area contributed by atoms with Crippen molar-refractivity contribution < 1.29 is 24.5 Å². The Morgan fingerprint density at radius 3 is 2.11 bits per heavy atom. The van der Waals surface area contributed by atoms with Crippen LogP contribution in [0.5, 0.6) is 0 Å². The highest BCUT2D eigenvalue weighted by Crippen LogP contribution is 2.39. The Kier molecular flexibility index (Phi) is 5.63. The summed E-state index contributed by atoms with van der Waals surface area (Å²) in [6.07, 6.45) is -3.14. The number of alkyl halides is 1. The lowest BCUT2D eigenvalue weighted by Gasteiger charge is -2.32. The molecule has 3 rings (SSSR count). The van der Waals surface area contributed by atoms with Crippen LogP contribution in [-0.4, -0.2) is 44.4 Å². The Labute approximate surface area is 166 Å². The predicted molar refractivity (Wildman–Crippen MR) is 104 cm³/mol. The molecule has 141 valence electrons. The van der Waals surface area contributed by atoms with Crippen molar-refractivity contribution in [2.45, 2.75) is 36.5 Å². The normalized spacial score (nSPS) is 26.0. The van der Waals surface area contributed by atoms with Gasteiger partial charge in [-0.15, -0.1) is 0 Å². The first-order chi connectivity index (χ1) is 12.8. The summed E-state index contributed by atoms with van der Waals surface area (Å²) in [5.41, 5.74) is -0.126. The molecule has 1 unspecified atom stereocenters. The number of hydrogen-bond acceptors (Lipinski definition) is 5. The maximum atomic E-state index is 13.1. The van der Waals surface area contributed by atoms with Crippen molar-refractivity contribution in [1.29, 1.82) is 0 Å². The highest BCUT2D eigenvalue weighted by Gasteiger charge is 2.59. The number of aryl methyl sites for hydroxylation is 2. The summed E-state index contributed by atoms with van der Waals surface area (Å²) in [5.74, 6) is -1.22. The molecule has 2 aromatic rings. The van der Waals surface area contributed by atoms with Crippen molar-refractivity contribution in [2.24, 2.45) is 0 Å². The first kappa shape index (κ1) is 19.9. The molecule has 1 aliphatic rings. The number of carbonyl (C=O) groups is 2. The maximum absolute atomic E-state index is 13.1. The summed E-state index contributed by atoms with van der Waals surface area (Å²) in [6, 6.07) is 13.6. The average molecular weight is 432 g/mol. The minimum absolute atomic E-state index is 0.309. The van der Waals surface area contributed by atoms with Gasteiger partial charge in [0.2, 0.25) is 0 Å². The molecule has 1 fully saturated rings. The zero-order valence-electron chi connectivity index (χ0n) is 14.9. The number of aliphatic hydroxyl groups excluding tert-OH is 1. The van der Waals surface area contributed by atoms with E-state index in [0.29, 0.717) is 22.3 Å². The molecule has 1 radical (unpaired) electrons. The molecule has 1 heterocycles. The molecule has 2 N–H and O–H groups in total. The van der Waals surface area contributed by atoms with Gasteiger partial charge in [-0.2, -0.15) is 0 Å². The zero-order valence-corrected chi connectivity index (χ0v) is 16.5. The van der Waals surface area contributed by atoms with Gasteiger partial charge in [-0.25, -0.2) is 0 Å². The number of halogens is 1. The SMILES string of the molecule is Cc1ccccc1C(=O)C(O)[C@@H]1O[CH][C@H](Br)[C@]1(O)C(=O)c1ccccc1C. The topological polar surface area (TPSA) is 83.8 Å². The van der Waals surface area contributed by atoms with Gasteiger partial charge in [-0.3, -0.25) is 9.59 Å². The van der Waals surface area contributed by atoms with Crippen LogP contribution in [0.15, 0.2) is 48.5 Å². The number of aliphatic hydroxyl groups is 2. The number of Topliss-reactive ketones (excluding diaryl/α,β-unsaturated/α-hetero) is 2. The lowest BCUT2D eigenvalue weighted by atomic mass is 9.81. The van der Waals surface area contributed by atoms with Crippen LogP contribution < -0.4 is 0 Å². The largest absolute Gasteiger partial charge is 0.382 e. The molecule has 5 nitrogen and oxygen atoms in total. The number of carbonyl (C=O) groups excluding carboxylic acids is 2. The van der Waals surface area contributed by atoms with Crippen LogP contribution in [0.2, 0.25) is 0 Å². The lowest BCUT2D eigenvalue weighted by molar-refractivity contribution is -0.0610. The van der Waals surface area contributed by atoms with Gasteiger partial charge in [-0.1, -0.05) is 64.5 Å². The Morgan fingerprint density at radius 2 is 1.56 bits per heavy atom. The molecule has 27 heavy (non-hydrogen) atoms. The van der Waals surface area contributed by atoms with Gasteiger partial charge in [0.05, 0.1) is 4.83 Å². The molecule has 0 bridgehead atoms. The van der Waals surface area contributed by atoms with Gasteiger partial charge in [0.1, 0.15) is 18.8 Å². The fraction of sp³-hybridized carbons (Fsp3) is 0.286. The first-order valence-electron chi connectivity index (χ1n) is 8.52. The molecule has 0 aliphatic carbocycles. The van der Waals surface area contributed by atoms with Crippen molar-refractivity contribution in [3.63, 3.8) is 0 Å². The van der Waals surface area contributed by atoms with Gasteiger partial charge in [0.15, 0.2) is 17.2 Å². The second-order valence-corrected chi connectivity index (χ2v) is 7.67. The molecule has 0 aromatic heterocycles. The summed E-state index contributed by atoms with van der Waals surface area (Å²) in [4.78, 5) is 25.1. The summed E-state index contributed by atoms with van der Waals surface area (Å²) in [5, 5.41) is 21.9. The Morgan fingerprint density at radius 1 is 1.04 bits per heavy atom.